The lowest BCUT2D eigenvalue weighted by molar-refractivity contribution is -0.119. The summed E-state index contributed by atoms with van der Waals surface area (Å²) in [5.74, 6) is -0.191. The van der Waals surface area contributed by atoms with Crippen LogP contribution in [-0.4, -0.2) is 49.6 Å². The number of aryl methyl sites for hydroxylation is 3. The third-order valence-corrected chi connectivity index (χ3v) is 5.59. The van der Waals surface area contributed by atoms with Crippen LogP contribution in [0.2, 0.25) is 0 Å². The molecule has 31 heavy (non-hydrogen) atoms. The molecule has 0 spiro atoms. The van der Waals surface area contributed by atoms with E-state index in [2.05, 4.69) is 26.2 Å². The maximum Gasteiger partial charge on any atom is 0.322 e. The average Bonchev–Trinajstić information content (AvgIpc) is 3.43. The van der Waals surface area contributed by atoms with E-state index in [4.69, 9.17) is 0 Å². The van der Waals surface area contributed by atoms with Gasteiger partial charge in [0.2, 0.25) is 5.91 Å². The number of hydrogen-bond donors (Lipinski definition) is 2. The van der Waals surface area contributed by atoms with Crippen molar-refractivity contribution in [2.24, 2.45) is 0 Å². The van der Waals surface area contributed by atoms with Crippen molar-refractivity contribution in [2.45, 2.75) is 39.7 Å². The molecule has 0 aliphatic carbocycles. The minimum Gasteiger partial charge on any atom is -0.324 e. The highest BCUT2D eigenvalue weighted by molar-refractivity contribution is 6.00. The Morgan fingerprint density at radius 3 is 2.48 bits per heavy atom. The van der Waals surface area contributed by atoms with Gasteiger partial charge in [0.15, 0.2) is 0 Å². The quantitative estimate of drug-likeness (QED) is 0.676. The fourth-order valence-corrected chi connectivity index (χ4v) is 3.96. The van der Waals surface area contributed by atoms with E-state index in [1.54, 1.807) is 15.6 Å². The minimum absolute atomic E-state index is 0.191. The topological polar surface area (TPSA) is 105 Å². The molecule has 1 aromatic heterocycles. The Hall–Kier alpha value is -3.75. The van der Waals surface area contributed by atoms with Gasteiger partial charge in [-0.25, -0.2) is 9.48 Å². The normalized spacial score (nSPS) is 15.7. The predicted molar refractivity (Wildman–Crippen MR) is 117 cm³/mol. The number of benzene rings is 2. The monoisotopic (exact) mass is 419 g/mol. The van der Waals surface area contributed by atoms with E-state index in [9.17, 15) is 9.59 Å². The van der Waals surface area contributed by atoms with Crippen LogP contribution in [0.15, 0.2) is 42.7 Å². The average molecular weight is 419 g/mol. The molecular weight excluding hydrogens is 394 g/mol. The lowest BCUT2D eigenvalue weighted by Crippen LogP contribution is -2.45. The van der Waals surface area contributed by atoms with Crippen molar-refractivity contribution in [3.63, 3.8) is 0 Å². The first-order chi connectivity index (χ1) is 14.9. The second-order valence-electron chi connectivity index (χ2n) is 7.79. The van der Waals surface area contributed by atoms with Crippen LogP contribution in [0.3, 0.4) is 0 Å². The van der Waals surface area contributed by atoms with Gasteiger partial charge in [0, 0.05) is 17.9 Å². The molecule has 1 fully saturated rings. The predicted octanol–water partition coefficient (Wildman–Crippen LogP) is 3.22. The van der Waals surface area contributed by atoms with Crippen molar-refractivity contribution in [1.29, 1.82) is 0 Å². The van der Waals surface area contributed by atoms with Crippen LogP contribution in [0.5, 0.6) is 0 Å². The first-order valence-corrected chi connectivity index (χ1v) is 10.2. The molecule has 160 valence electrons. The summed E-state index contributed by atoms with van der Waals surface area (Å²) in [4.78, 5) is 27.5. The third kappa shape index (κ3) is 4.25. The Morgan fingerprint density at radius 1 is 1.03 bits per heavy atom. The second-order valence-corrected chi connectivity index (χ2v) is 7.79. The molecule has 1 aliphatic heterocycles. The number of hydrogen-bond acceptors (Lipinski definition) is 5. The van der Waals surface area contributed by atoms with Crippen molar-refractivity contribution in [1.82, 2.24) is 25.1 Å². The zero-order valence-corrected chi connectivity index (χ0v) is 17.8. The van der Waals surface area contributed by atoms with Gasteiger partial charge >= 0.3 is 6.03 Å². The molecule has 2 N–H and O–H groups in total. The van der Waals surface area contributed by atoms with E-state index in [0.29, 0.717) is 18.7 Å². The number of nitrogens with zero attached hydrogens (tertiary/aromatic N) is 5. The molecule has 1 atom stereocenters. The molecule has 0 radical (unpaired) electrons. The Labute approximate surface area is 180 Å². The molecule has 1 saturated heterocycles. The van der Waals surface area contributed by atoms with Gasteiger partial charge in [-0.05, 0) is 78.9 Å². The van der Waals surface area contributed by atoms with Gasteiger partial charge in [0.25, 0.3) is 0 Å². The fraction of sp³-hybridized carbons (Fsp3) is 0.318. The number of rotatable bonds is 4. The van der Waals surface area contributed by atoms with Crippen LogP contribution in [0.4, 0.5) is 16.2 Å². The SMILES string of the molecule is Cc1cc(NC(=O)[C@@H]2CCCN2C(=O)Nc2c(C)cccc2C)ccc1-n1cnnn1. The van der Waals surface area contributed by atoms with Crippen LogP contribution < -0.4 is 10.6 Å². The zero-order chi connectivity index (χ0) is 22.0. The number of nitrogens with one attached hydrogen (secondary N) is 2. The Kier molecular flexibility index (Phi) is 5.66. The zero-order valence-electron chi connectivity index (χ0n) is 17.8. The van der Waals surface area contributed by atoms with Crippen LogP contribution in [0, 0.1) is 20.8 Å². The number of para-hydroxylation sites is 1. The highest BCUT2D eigenvalue weighted by atomic mass is 16.2. The molecule has 3 amide bonds. The van der Waals surface area contributed by atoms with Gasteiger partial charge in [-0.15, -0.1) is 5.10 Å². The minimum atomic E-state index is -0.510. The Morgan fingerprint density at radius 2 is 1.81 bits per heavy atom. The van der Waals surface area contributed by atoms with E-state index in [0.717, 1.165) is 34.5 Å². The first-order valence-electron chi connectivity index (χ1n) is 10.2. The number of tetrazole rings is 1. The lowest BCUT2D eigenvalue weighted by atomic mass is 10.1. The number of anilines is 2. The van der Waals surface area contributed by atoms with Crippen molar-refractivity contribution in [2.75, 3.05) is 17.2 Å². The van der Waals surface area contributed by atoms with Crippen molar-refractivity contribution in [3.8, 4) is 5.69 Å². The maximum absolute atomic E-state index is 13.0. The third-order valence-electron chi connectivity index (χ3n) is 5.59. The van der Waals surface area contributed by atoms with Crippen molar-refractivity contribution >= 4 is 23.3 Å². The van der Waals surface area contributed by atoms with Gasteiger partial charge in [-0.1, -0.05) is 18.2 Å². The molecule has 9 nitrogen and oxygen atoms in total. The summed E-state index contributed by atoms with van der Waals surface area (Å²) in [6.07, 6.45) is 2.94. The molecule has 2 aromatic carbocycles. The number of carbonyl (C=O) groups excluding carboxylic acids is 2. The molecule has 1 aliphatic rings. The number of amides is 3. The highest BCUT2D eigenvalue weighted by Crippen LogP contribution is 2.25. The van der Waals surface area contributed by atoms with Crippen LogP contribution in [0.1, 0.15) is 29.5 Å². The summed E-state index contributed by atoms with van der Waals surface area (Å²) < 4.78 is 1.57. The molecule has 0 bridgehead atoms. The molecule has 3 aromatic rings. The van der Waals surface area contributed by atoms with Gasteiger partial charge in [-0.2, -0.15) is 0 Å². The molecule has 2 heterocycles. The summed E-state index contributed by atoms with van der Waals surface area (Å²) in [7, 11) is 0. The van der Waals surface area contributed by atoms with Crippen molar-refractivity contribution < 1.29 is 9.59 Å². The van der Waals surface area contributed by atoms with Gasteiger partial charge < -0.3 is 15.5 Å². The van der Waals surface area contributed by atoms with Crippen LogP contribution in [0.25, 0.3) is 5.69 Å². The van der Waals surface area contributed by atoms with E-state index < -0.39 is 6.04 Å². The van der Waals surface area contributed by atoms with Gasteiger partial charge in [0.1, 0.15) is 12.4 Å². The number of carbonyl (C=O) groups is 2. The van der Waals surface area contributed by atoms with E-state index >= 15 is 0 Å². The van der Waals surface area contributed by atoms with Gasteiger partial charge in [0.05, 0.1) is 5.69 Å². The summed E-state index contributed by atoms with van der Waals surface area (Å²) in [5.41, 5.74) is 5.20. The Bertz CT molecular complexity index is 1090. The fourth-order valence-electron chi connectivity index (χ4n) is 3.96. The summed E-state index contributed by atoms with van der Waals surface area (Å²) in [5, 5.41) is 17.1. The van der Waals surface area contributed by atoms with Crippen LogP contribution in [-0.2, 0) is 4.79 Å². The largest absolute Gasteiger partial charge is 0.324 e. The molecule has 0 unspecified atom stereocenters. The second kappa shape index (κ2) is 8.55. The molecule has 9 heteroatoms. The van der Waals surface area contributed by atoms with E-state index in [1.807, 2.05) is 51.1 Å². The molecule has 4 rings (SSSR count). The number of likely N-dealkylation sites (tertiary alicyclic amines) is 1. The lowest BCUT2D eigenvalue weighted by Gasteiger charge is -2.25. The number of urea groups is 1. The maximum atomic E-state index is 13.0. The molecule has 0 saturated carbocycles. The summed E-state index contributed by atoms with van der Waals surface area (Å²) >= 11 is 0. The van der Waals surface area contributed by atoms with Crippen molar-refractivity contribution in [3.05, 3.63) is 59.4 Å². The van der Waals surface area contributed by atoms with Crippen LogP contribution >= 0.6 is 0 Å². The molecular formula is C22H25N7O2. The first kappa shape index (κ1) is 20.5. The van der Waals surface area contributed by atoms with E-state index in [1.165, 1.54) is 6.33 Å². The summed E-state index contributed by atoms with van der Waals surface area (Å²) in [6.45, 7) is 6.38. The summed E-state index contributed by atoms with van der Waals surface area (Å²) in [6, 6.07) is 10.6. The highest BCUT2D eigenvalue weighted by Gasteiger charge is 2.34. The van der Waals surface area contributed by atoms with E-state index in [-0.39, 0.29) is 11.9 Å². The number of aromatic nitrogens is 4. The van der Waals surface area contributed by atoms with Gasteiger partial charge in [-0.3, -0.25) is 4.79 Å². The standard InChI is InChI=1S/C22H25N7O2/c1-14-6-4-7-15(2)20(14)25-22(31)28-11-5-8-19(28)21(30)24-17-9-10-18(16(3)12-17)29-13-23-26-27-29/h4,6-7,9-10,12-13,19H,5,8,11H2,1-3H3,(H,24,30)(H,25,31)/t19-/m0/s1. The smallest absolute Gasteiger partial charge is 0.322 e. The Balaban J connectivity index is 1.45.